The van der Waals surface area contributed by atoms with Gasteiger partial charge < -0.3 is 0 Å². The summed E-state index contributed by atoms with van der Waals surface area (Å²) in [6.07, 6.45) is 5.10. The highest BCUT2D eigenvalue weighted by Crippen LogP contribution is 2.19. The molecule has 2 aromatic rings. The molecule has 0 radical (unpaired) electrons. The quantitative estimate of drug-likeness (QED) is 0.695. The van der Waals surface area contributed by atoms with Gasteiger partial charge in [-0.05, 0) is 17.7 Å². The predicted molar refractivity (Wildman–Crippen MR) is 54.7 cm³/mol. The standard InChI is InChI=1S/C10H8N2S/c13-10-3-1-2-8(4-10)9-5-11-7-12-6-9/h1-7,13H. The van der Waals surface area contributed by atoms with Crippen molar-refractivity contribution in [2.24, 2.45) is 0 Å². The summed E-state index contributed by atoms with van der Waals surface area (Å²) in [7, 11) is 0. The van der Waals surface area contributed by atoms with Crippen molar-refractivity contribution in [3.05, 3.63) is 43.0 Å². The van der Waals surface area contributed by atoms with E-state index in [1.807, 2.05) is 24.3 Å². The molecule has 0 aliphatic carbocycles. The Balaban J connectivity index is 2.48. The first-order valence-corrected chi connectivity index (χ1v) is 4.35. The van der Waals surface area contributed by atoms with E-state index in [1.165, 1.54) is 6.33 Å². The highest BCUT2D eigenvalue weighted by molar-refractivity contribution is 7.80. The van der Waals surface area contributed by atoms with Crippen LogP contribution in [0.1, 0.15) is 0 Å². The first kappa shape index (κ1) is 8.26. The van der Waals surface area contributed by atoms with Gasteiger partial charge in [0.25, 0.3) is 0 Å². The molecule has 0 N–H and O–H groups in total. The molecule has 0 amide bonds. The van der Waals surface area contributed by atoms with Crippen LogP contribution in [0.3, 0.4) is 0 Å². The normalized spacial score (nSPS) is 9.92. The zero-order valence-corrected chi connectivity index (χ0v) is 7.78. The molecule has 2 nitrogen and oxygen atoms in total. The molecule has 0 fully saturated rings. The summed E-state index contributed by atoms with van der Waals surface area (Å²) in [5.74, 6) is 0. The zero-order valence-electron chi connectivity index (χ0n) is 6.88. The van der Waals surface area contributed by atoms with Crippen molar-refractivity contribution in [2.45, 2.75) is 4.90 Å². The van der Waals surface area contributed by atoms with Crippen LogP contribution in [-0.4, -0.2) is 9.97 Å². The molecule has 1 heterocycles. The maximum atomic E-state index is 4.26. The number of benzene rings is 1. The third kappa shape index (κ3) is 1.87. The van der Waals surface area contributed by atoms with E-state index >= 15 is 0 Å². The zero-order chi connectivity index (χ0) is 9.10. The van der Waals surface area contributed by atoms with Gasteiger partial charge in [-0.25, -0.2) is 9.97 Å². The fraction of sp³-hybridized carbons (Fsp3) is 0. The van der Waals surface area contributed by atoms with Gasteiger partial charge in [0.1, 0.15) is 6.33 Å². The van der Waals surface area contributed by atoms with Crippen LogP contribution in [0, 0.1) is 0 Å². The largest absolute Gasteiger partial charge is 0.244 e. The second-order valence-electron chi connectivity index (χ2n) is 2.68. The van der Waals surface area contributed by atoms with Crippen molar-refractivity contribution in [1.29, 1.82) is 0 Å². The minimum Gasteiger partial charge on any atom is -0.244 e. The lowest BCUT2D eigenvalue weighted by Gasteiger charge is -1.99. The van der Waals surface area contributed by atoms with Gasteiger partial charge in [0.05, 0.1) is 0 Å². The van der Waals surface area contributed by atoms with Gasteiger partial charge in [0.15, 0.2) is 0 Å². The second-order valence-corrected chi connectivity index (χ2v) is 3.19. The maximum Gasteiger partial charge on any atom is 0.115 e. The van der Waals surface area contributed by atoms with Crippen LogP contribution in [0.15, 0.2) is 47.9 Å². The summed E-state index contributed by atoms with van der Waals surface area (Å²) in [6.45, 7) is 0. The fourth-order valence-corrected chi connectivity index (χ4v) is 1.36. The van der Waals surface area contributed by atoms with Crippen molar-refractivity contribution < 1.29 is 0 Å². The Kier molecular flexibility index (Phi) is 2.27. The maximum absolute atomic E-state index is 4.26. The first-order valence-electron chi connectivity index (χ1n) is 3.91. The van der Waals surface area contributed by atoms with Crippen molar-refractivity contribution in [3.63, 3.8) is 0 Å². The Morgan fingerprint density at radius 1 is 1.00 bits per heavy atom. The highest BCUT2D eigenvalue weighted by atomic mass is 32.1. The molecule has 0 aliphatic heterocycles. The number of nitrogens with zero attached hydrogens (tertiary/aromatic N) is 2. The average molecular weight is 188 g/mol. The van der Waals surface area contributed by atoms with E-state index in [0.717, 1.165) is 16.0 Å². The Morgan fingerprint density at radius 2 is 1.77 bits per heavy atom. The number of hydrogen-bond donors (Lipinski definition) is 1. The molecular weight excluding hydrogens is 180 g/mol. The van der Waals surface area contributed by atoms with Gasteiger partial charge in [0, 0.05) is 22.9 Å². The summed E-state index contributed by atoms with van der Waals surface area (Å²) in [6, 6.07) is 7.90. The molecule has 0 saturated carbocycles. The van der Waals surface area contributed by atoms with E-state index in [0.29, 0.717) is 0 Å². The van der Waals surface area contributed by atoms with Gasteiger partial charge in [-0.3, -0.25) is 0 Å². The number of hydrogen-bond acceptors (Lipinski definition) is 3. The van der Waals surface area contributed by atoms with Crippen LogP contribution >= 0.6 is 12.6 Å². The molecule has 0 aliphatic rings. The summed E-state index contributed by atoms with van der Waals surface area (Å²) in [5.41, 5.74) is 2.10. The molecule has 1 aromatic carbocycles. The van der Waals surface area contributed by atoms with E-state index in [2.05, 4.69) is 22.6 Å². The van der Waals surface area contributed by atoms with Crippen LogP contribution in [0.2, 0.25) is 0 Å². The van der Waals surface area contributed by atoms with E-state index in [1.54, 1.807) is 12.4 Å². The molecule has 0 bridgehead atoms. The van der Waals surface area contributed by atoms with Crippen molar-refractivity contribution in [2.75, 3.05) is 0 Å². The monoisotopic (exact) mass is 188 g/mol. The van der Waals surface area contributed by atoms with Crippen molar-refractivity contribution in [1.82, 2.24) is 9.97 Å². The van der Waals surface area contributed by atoms with E-state index in [4.69, 9.17) is 0 Å². The molecule has 0 spiro atoms. The Morgan fingerprint density at radius 3 is 2.46 bits per heavy atom. The topological polar surface area (TPSA) is 25.8 Å². The fourth-order valence-electron chi connectivity index (χ4n) is 1.13. The Labute approximate surface area is 82.1 Å². The lowest BCUT2D eigenvalue weighted by molar-refractivity contribution is 1.17. The van der Waals surface area contributed by atoms with Crippen LogP contribution < -0.4 is 0 Å². The highest BCUT2D eigenvalue weighted by Gasteiger charge is 1.96. The molecule has 0 saturated heterocycles. The SMILES string of the molecule is Sc1cccc(-c2cncnc2)c1. The lowest BCUT2D eigenvalue weighted by atomic mass is 10.1. The van der Waals surface area contributed by atoms with E-state index < -0.39 is 0 Å². The minimum atomic E-state index is 0.946. The second kappa shape index (κ2) is 3.58. The molecule has 64 valence electrons. The van der Waals surface area contributed by atoms with Crippen molar-refractivity contribution in [3.8, 4) is 11.1 Å². The number of rotatable bonds is 1. The lowest BCUT2D eigenvalue weighted by Crippen LogP contribution is -1.81. The van der Waals surface area contributed by atoms with Gasteiger partial charge >= 0.3 is 0 Å². The molecular formula is C10H8N2S. The summed E-state index contributed by atoms with van der Waals surface area (Å²) in [5, 5.41) is 0. The van der Waals surface area contributed by atoms with Crippen molar-refractivity contribution >= 4 is 12.6 Å². The Hall–Kier alpha value is -1.35. The molecule has 0 unspecified atom stereocenters. The summed E-state index contributed by atoms with van der Waals surface area (Å²) >= 11 is 4.26. The molecule has 3 heteroatoms. The number of thiol groups is 1. The minimum absolute atomic E-state index is 0.946. The molecule has 13 heavy (non-hydrogen) atoms. The van der Waals surface area contributed by atoms with E-state index in [9.17, 15) is 0 Å². The van der Waals surface area contributed by atoms with Gasteiger partial charge in [-0.15, -0.1) is 12.6 Å². The molecule has 0 atom stereocenters. The van der Waals surface area contributed by atoms with Gasteiger partial charge in [0.2, 0.25) is 0 Å². The first-order chi connectivity index (χ1) is 6.36. The van der Waals surface area contributed by atoms with Crippen LogP contribution in [0.5, 0.6) is 0 Å². The third-order valence-electron chi connectivity index (χ3n) is 1.74. The van der Waals surface area contributed by atoms with Gasteiger partial charge in [-0.1, -0.05) is 12.1 Å². The smallest absolute Gasteiger partial charge is 0.115 e. The van der Waals surface area contributed by atoms with Crippen LogP contribution in [0.25, 0.3) is 11.1 Å². The van der Waals surface area contributed by atoms with E-state index in [-0.39, 0.29) is 0 Å². The molecule has 2 rings (SSSR count). The van der Waals surface area contributed by atoms with Crippen LogP contribution in [0.4, 0.5) is 0 Å². The average Bonchev–Trinajstić information content (AvgIpc) is 2.19. The third-order valence-corrected chi connectivity index (χ3v) is 2.02. The summed E-state index contributed by atoms with van der Waals surface area (Å²) < 4.78 is 0. The number of aromatic nitrogens is 2. The van der Waals surface area contributed by atoms with Crippen LogP contribution in [-0.2, 0) is 0 Å². The predicted octanol–water partition coefficient (Wildman–Crippen LogP) is 2.43. The van der Waals surface area contributed by atoms with Gasteiger partial charge in [-0.2, -0.15) is 0 Å². The molecule has 1 aromatic heterocycles. The summed E-state index contributed by atoms with van der Waals surface area (Å²) in [4.78, 5) is 8.86. The Bertz CT molecular complexity index is 401.